The summed E-state index contributed by atoms with van der Waals surface area (Å²) < 4.78 is 5.20. The van der Waals surface area contributed by atoms with E-state index in [-0.39, 0.29) is 23.7 Å². The molecule has 0 aliphatic carbocycles. The minimum Gasteiger partial charge on any atom is -0.361 e. The fourth-order valence-electron chi connectivity index (χ4n) is 3.77. The number of amides is 1. The number of carbonyl (C=O) groups excluding carboxylic acids is 2. The minimum absolute atomic E-state index is 0.0249. The van der Waals surface area contributed by atoms with Crippen LogP contribution in [0.2, 0.25) is 0 Å². The lowest BCUT2D eigenvalue weighted by molar-refractivity contribution is -0.133. The summed E-state index contributed by atoms with van der Waals surface area (Å²) in [5.74, 6) is 0.529. The first kappa shape index (κ1) is 17.4. The molecule has 0 spiro atoms. The monoisotopic (exact) mass is 340 g/mol. The van der Waals surface area contributed by atoms with Gasteiger partial charge in [0.15, 0.2) is 5.78 Å². The molecule has 0 radical (unpaired) electrons. The van der Waals surface area contributed by atoms with E-state index in [1.807, 2.05) is 56.0 Å². The summed E-state index contributed by atoms with van der Waals surface area (Å²) in [6, 6.07) is 9.26. The van der Waals surface area contributed by atoms with Gasteiger partial charge in [0.05, 0.1) is 11.6 Å². The molecular weight excluding hydrogens is 316 g/mol. The average molecular weight is 340 g/mol. The zero-order valence-corrected chi connectivity index (χ0v) is 15.0. The summed E-state index contributed by atoms with van der Waals surface area (Å²) >= 11 is 0. The van der Waals surface area contributed by atoms with Crippen LogP contribution in [0.15, 0.2) is 34.9 Å². The average Bonchev–Trinajstić information content (AvgIpc) is 3.21. The Labute approximate surface area is 148 Å². The number of benzene rings is 1. The van der Waals surface area contributed by atoms with Crippen molar-refractivity contribution in [3.63, 3.8) is 0 Å². The number of carbonyl (C=O) groups is 2. The third-order valence-corrected chi connectivity index (χ3v) is 5.07. The predicted octanol–water partition coefficient (Wildman–Crippen LogP) is 3.66. The summed E-state index contributed by atoms with van der Waals surface area (Å²) in [7, 11) is 0. The first-order chi connectivity index (χ1) is 12.0. The normalized spacial score (nSPS) is 18.4. The van der Waals surface area contributed by atoms with Crippen LogP contribution in [0.25, 0.3) is 0 Å². The number of ketones is 1. The highest BCUT2D eigenvalue weighted by atomic mass is 16.5. The summed E-state index contributed by atoms with van der Waals surface area (Å²) in [5.41, 5.74) is 2.33. The van der Waals surface area contributed by atoms with E-state index < -0.39 is 0 Å². The molecule has 2 atom stereocenters. The van der Waals surface area contributed by atoms with Crippen LogP contribution in [0.5, 0.6) is 0 Å². The maximum absolute atomic E-state index is 13.0. The van der Waals surface area contributed by atoms with Crippen LogP contribution in [0.3, 0.4) is 0 Å². The molecule has 0 bridgehead atoms. The van der Waals surface area contributed by atoms with Gasteiger partial charge in [0, 0.05) is 30.1 Å². The Bertz CT molecular complexity index is 747. The van der Waals surface area contributed by atoms with E-state index >= 15 is 0 Å². The largest absolute Gasteiger partial charge is 0.361 e. The number of aryl methyl sites for hydroxylation is 2. The fraction of sp³-hybridized carbons (Fsp3) is 0.450. The molecule has 1 fully saturated rings. The smallest absolute Gasteiger partial charge is 0.230 e. The molecule has 0 unspecified atom stereocenters. The number of nitrogens with zero attached hydrogens (tertiary/aromatic N) is 2. The van der Waals surface area contributed by atoms with Crippen molar-refractivity contribution in [1.82, 2.24) is 10.1 Å². The SMILES string of the molecule is Cc1noc(C)c1[C@@H](C)C(=O)N1CCC[C@H]1CC(=O)c1ccccc1. The Hall–Kier alpha value is -2.43. The maximum atomic E-state index is 13.0. The van der Waals surface area contributed by atoms with Gasteiger partial charge in [-0.25, -0.2) is 0 Å². The molecule has 1 aliphatic rings. The molecule has 2 aromatic rings. The molecule has 5 nitrogen and oxygen atoms in total. The van der Waals surface area contributed by atoms with Gasteiger partial charge >= 0.3 is 0 Å². The van der Waals surface area contributed by atoms with Crippen LogP contribution in [0.1, 0.15) is 59.5 Å². The van der Waals surface area contributed by atoms with E-state index in [0.29, 0.717) is 24.3 Å². The molecule has 1 aliphatic heterocycles. The fourth-order valence-corrected chi connectivity index (χ4v) is 3.77. The lowest BCUT2D eigenvalue weighted by Crippen LogP contribution is -2.39. The molecule has 3 rings (SSSR count). The maximum Gasteiger partial charge on any atom is 0.230 e. The molecule has 1 saturated heterocycles. The Morgan fingerprint density at radius 3 is 2.64 bits per heavy atom. The summed E-state index contributed by atoms with van der Waals surface area (Å²) in [6.45, 7) is 6.29. The van der Waals surface area contributed by atoms with E-state index in [0.717, 1.165) is 24.1 Å². The first-order valence-corrected chi connectivity index (χ1v) is 8.80. The Kier molecular flexibility index (Phi) is 5.02. The Morgan fingerprint density at radius 1 is 1.28 bits per heavy atom. The second kappa shape index (κ2) is 7.21. The first-order valence-electron chi connectivity index (χ1n) is 8.80. The zero-order valence-electron chi connectivity index (χ0n) is 15.0. The molecule has 1 aromatic carbocycles. The lowest BCUT2D eigenvalue weighted by atomic mass is 9.96. The standard InChI is InChI=1S/C20H24N2O3/c1-13(19-14(2)21-25-15(19)3)20(24)22-11-7-10-17(22)12-18(23)16-8-5-4-6-9-16/h4-6,8-9,13,17H,7,10-12H2,1-3H3/t13-,17+/m1/s1. The van der Waals surface area contributed by atoms with Crippen molar-refractivity contribution in [2.45, 2.75) is 52.0 Å². The van der Waals surface area contributed by atoms with Crippen molar-refractivity contribution in [2.75, 3.05) is 6.54 Å². The molecule has 1 aromatic heterocycles. The van der Waals surface area contributed by atoms with E-state index in [2.05, 4.69) is 5.16 Å². The lowest BCUT2D eigenvalue weighted by Gasteiger charge is -2.27. The van der Waals surface area contributed by atoms with Gasteiger partial charge in [-0.15, -0.1) is 0 Å². The minimum atomic E-state index is -0.307. The second-order valence-corrected chi connectivity index (χ2v) is 6.78. The topological polar surface area (TPSA) is 63.4 Å². The second-order valence-electron chi connectivity index (χ2n) is 6.78. The van der Waals surface area contributed by atoms with Crippen molar-refractivity contribution in [1.29, 1.82) is 0 Å². The van der Waals surface area contributed by atoms with Gasteiger partial charge in [0.2, 0.25) is 5.91 Å². The van der Waals surface area contributed by atoms with Gasteiger partial charge in [-0.1, -0.05) is 35.5 Å². The number of Topliss-reactive ketones (excluding diaryl/α,β-unsaturated/α-hetero) is 1. The van der Waals surface area contributed by atoms with Crippen molar-refractivity contribution in [3.05, 3.63) is 52.9 Å². The molecule has 2 heterocycles. The number of hydrogen-bond donors (Lipinski definition) is 0. The van der Waals surface area contributed by atoms with E-state index in [1.54, 1.807) is 0 Å². The zero-order chi connectivity index (χ0) is 18.0. The summed E-state index contributed by atoms with van der Waals surface area (Å²) in [6.07, 6.45) is 2.19. The van der Waals surface area contributed by atoms with Crippen LogP contribution in [0, 0.1) is 13.8 Å². The molecule has 1 amide bonds. The molecule has 5 heteroatoms. The molecular formula is C20H24N2O3. The van der Waals surface area contributed by atoms with E-state index in [1.165, 1.54) is 0 Å². The molecule has 25 heavy (non-hydrogen) atoms. The highest BCUT2D eigenvalue weighted by Crippen LogP contribution is 2.30. The quantitative estimate of drug-likeness (QED) is 0.779. The highest BCUT2D eigenvalue weighted by molar-refractivity contribution is 5.96. The van der Waals surface area contributed by atoms with Crippen LogP contribution < -0.4 is 0 Å². The van der Waals surface area contributed by atoms with Crippen LogP contribution in [0.4, 0.5) is 0 Å². The van der Waals surface area contributed by atoms with Crippen LogP contribution >= 0.6 is 0 Å². The van der Waals surface area contributed by atoms with E-state index in [4.69, 9.17) is 4.52 Å². The van der Waals surface area contributed by atoms with Gasteiger partial charge in [-0.2, -0.15) is 0 Å². The Morgan fingerprint density at radius 2 is 2.00 bits per heavy atom. The van der Waals surface area contributed by atoms with Gasteiger partial charge in [0.25, 0.3) is 0 Å². The van der Waals surface area contributed by atoms with Gasteiger partial charge in [-0.3, -0.25) is 9.59 Å². The van der Waals surface area contributed by atoms with Crippen LogP contribution in [-0.2, 0) is 4.79 Å². The van der Waals surface area contributed by atoms with Crippen molar-refractivity contribution >= 4 is 11.7 Å². The Balaban J connectivity index is 1.73. The molecule has 0 N–H and O–H groups in total. The third kappa shape index (κ3) is 3.50. The van der Waals surface area contributed by atoms with E-state index in [9.17, 15) is 9.59 Å². The van der Waals surface area contributed by atoms with Gasteiger partial charge in [0.1, 0.15) is 5.76 Å². The predicted molar refractivity (Wildman–Crippen MR) is 94.5 cm³/mol. The summed E-state index contributed by atoms with van der Waals surface area (Å²) in [4.78, 5) is 27.4. The third-order valence-electron chi connectivity index (χ3n) is 5.07. The number of hydrogen-bond acceptors (Lipinski definition) is 4. The number of rotatable bonds is 5. The highest BCUT2D eigenvalue weighted by Gasteiger charge is 2.35. The van der Waals surface area contributed by atoms with Gasteiger partial charge < -0.3 is 9.42 Å². The van der Waals surface area contributed by atoms with Crippen molar-refractivity contribution in [2.24, 2.45) is 0 Å². The summed E-state index contributed by atoms with van der Waals surface area (Å²) in [5, 5.41) is 3.95. The van der Waals surface area contributed by atoms with Crippen LogP contribution in [-0.4, -0.2) is 34.3 Å². The van der Waals surface area contributed by atoms with Gasteiger partial charge in [-0.05, 0) is 33.6 Å². The molecule has 132 valence electrons. The van der Waals surface area contributed by atoms with Crippen molar-refractivity contribution < 1.29 is 14.1 Å². The molecule has 0 saturated carbocycles. The number of likely N-dealkylation sites (tertiary alicyclic amines) is 1. The van der Waals surface area contributed by atoms with Crippen molar-refractivity contribution in [3.8, 4) is 0 Å². The number of aromatic nitrogens is 1.